The largest absolute Gasteiger partial charge is 0.395 e. The maximum Gasteiger partial charge on any atom is 0.141 e. The van der Waals surface area contributed by atoms with Crippen molar-refractivity contribution in [3.63, 3.8) is 0 Å². The topological polar surface area (TPSA) is 57.6 Å². The van der Waals surface area contributed by atoms with Gasteiger partial charge in [-0.3, -0.25) is 9.88 Å². The minimum absolute atomic E-state index is 0.0364. The van der Waals surface area contributed by atoms with E-state index in [9.17, 15) is 4.39 Å². The van der Waals surface area contributed by atoms with Crippen LogP contribution in [0.5, 0.6) is 0 Å². The van der Waals surface area contributed by atoms with Crippen molar-refractivity contribution in [2.75, 3.05) is 47.0 Å². The predicted octanol–water partition coefficient (Wildman–Crippen LogP) is 1.06. The Bertz CT molecular complexity index is 389. The number of aromatic nitrogens is 1. The predicted molar refractivity (Wildman–Crippen MR) is 80.6 cm³/mol. The smallest absolute Gasteiger partial charge is 0.141 e. The summed E-state index contributed by atoms with van der Waals surface area (Å²) in [6.45, 7) is 5.05. The van der Waals surface area contributed by atoms with Crippen molar-refractivity contribution in [3.05, 3.63) is 29.8 Å². The molecule has 5 nitrogen and oxygen atoms in total. The van der Waals surface area contributed by atoms with Gasteiger partial charge in [-0.05, 0) is 25.1 Å². The SMILES string of the molecule is CNC(c1ccc(F)cn1)C(C)CN(CCO)CCOC. The monoisotopic (exact) mass is 299 g/mol. The van der Waals surface area contributed by atoms with E-state index < -0.39 is 0 Å². The van der Waals surface area contributed by atoms with Gasteiger partial charge in [-0.2, -0.15) is 0 Å². The third-order valence-corrected chi connectivity index (χ3v) is 3.52. The summed E-state index contributed by atoms with van der Waals surface area (Å²) in [5.41, 5.74) is 0.821. The van der Waals surface area contributed by atoms with Gasteiger partial charge in [-0.25, -0.2) is 4.39 Å². The summed E-state index contributed by atoms with van der Waals surface area (Å²) in [6, 6.07) is 3.17. The van der Waals surface area contributed by atoms with Gasteiger partial charge in [-0.1, -0.05) is 6.92 Å². The maximum atomic E-state index is 13.0. The second kappa shape index (κ2) is 9.78. The van der Waals surface area contributed by atoms with Crippen LogP contribution in [-0.4, -0.2) is 62.0 Å². The molecular formula is C15H26FN3O2. The molecule has 2 N–H and O–H groups in total. The molecule has 0 aliphatic rings. The number of pyridine rings is 1. The number of halogens is 1. The first-order chi connectivity index (χ1) is 10.1. The number of nitrogens with one attached hydrogen (secondary N) is 1. The van der Waals surface area contributed by atoms with E-state index in [1.165, 1.54) is 12.3 Å². The molecule has 1 aromatic heterocycles. The van der Waals surface area contributed by atoms with E-state index in [2.05, 4.69) is 22.1 Å². The average molecular weight is 299 g/mol. The normalized spacial score (nSPS) is 14.4. The van der Waals surface area contributed by atoms with Crippen LogP contribution in [0.25, 0.3) is 0 Å². The van der Waals surface area contributed by atoms with Crippen LogP contribution in [0.1, 0.15) is 18.7 Å². The molecule has 6 heteroatoms. The van der Waals surface area contributed by atoms with Crippen LogP contribution in [0.2, 0.25) is 0 Å². The summed E-state index contributed by atoms with van der Waals surface area (Å²) < 4.78 is 18.1. The summed E-state index contributed by atoms with van der Waals surface area (Å²) in [6.07, 6.45) is 1.24. The van der Waals surface area contributed by atoms with Crippen molar-refractivity contribution in [2.24, 2.45) is 5.92 Å². The Balaban J connectivity index is 2.67. The highest BCUT2D eigenvalue weighted by atomic mass is 19.1. The summed E-state index contributed by atoms with van der Waals surface area (Å²) in [5, 5.41) is 12.4. The van der Waals surface area contributed by atoms with E-state index in [4.69, 9.17) is 9.84 Å². The fourth-order valence-corrected chi connectivity index (χ4v) is 2.46. The van der Waals surface area contributed by atoms with Crippen molar-refractivity contribution in [2.45, 2.75) is 13.0 Å². The van der Waals surface area contributed by atoms with E-state index in [0.29, 0.717) is 13.2 Å². The number of hydrogen-bond acceptors (Lipinski definition) is 5. The first kappa shape index (κ1) is 18.0. The second-order valence-electron chi connectivity index (χ2n) is 5.16. The van der Waals surface area contributed by atoms with Gasteiger partial charge in [0.05, 0.1) is 31.1 Å². The maximum absolute atomic E-state index is 13.0. The zero-order valence-corrected chi connectivity index (χ0v) is 13.1. The van der Waals surface area contributed by atoms with Gasteiger partial charge < -0.3 is 15.2 Å². The molecule has 2 unspecified atom stereocenters. The van der Waals surface area contributed by atoms with Gasteiger partial charge >= 0.3 is 0 Å². The molecule has 2 atom stereocenters. The molecule has 0 spiro atoms. The van der Waals surface area contributed by atoms with Crippen molar-refractivity contribution in [3.8, 4) is 0 Å². The zero-order chi connectivity index (χ0) is 15.7. The van der Waals surface area contributed by atoms with Crippen molar-refractivity contribution >= 4 is 0 Å². The summed E-state index contributed by atoms with van der Waals surface area (Å²) in [5.74, 6) is -0.0698. The van der Waals surface area contributed by atoms with Gasteiger partial charge in [0.2, 0.25) is 0 Å². The first-order valence-electron chi connectivity index (χ1n) is 7.23. The van der Waals surface area contributed by atoms with Crippen LogP contribution in [-0.2, 0) is 4.74 Å². The third-order valence-electron chi connectivity index (χ3n) is 3.52. The molecule has 1 rings (SSSR count). The van der Waals surface area contributed by atoms with Crippen LogP contribution >= 0.6 is 0 Å². The lowest BCUT2D eigenvalue weighted by Gasteiger charge is -2.29. The lowest BCUT2D eigenvalue weighted by Crippen LogP contribution is -2.38. The Morgan fingerprint density at radius 2 is 2.19 bits per heavy atom. The molecule has 0 aliphatic heterocycles. The average Bonchev–Trinajstić information content (AvgIpc) is 2.47. The standard InChI is InChI=1S/C15H26FN3O2/c1-12(11-19(6-8-20)7-9-21-3)15(17-2)14-5-4-13(16)10-18-14/h4-5,10,12,15,17,20H,6-9,11H2,1-3H3. The molecule has 1 heterocycles. The van der Waals surface area contributed by atoms with E-state index in [1.54, 1.807) is 13.2 Å². The van der Waals surface area contributed by atoms with Crippen molar-refractivity contribution in [1.29, 1.82) is 0 Å². The number of methoxy groups -OCH3 is 1. The minimum Gasteiger partial charge on any atom is -0.395 e. The number of ether oxygens (including phenoxy) is 1. The van der Waals surface area contributed by atoms with Gasteiger partial charge in [0.15, 0.2) is 0 Å². The lowest BCUT2D eigenvalue weighted by atomic mass is 9.97. The Morgan fingerprint density at radius 1 is 1.43 bits per heavy atom. The zero-order valence-electron chi connectivity index (χ0n) is 13.1. The lowest BCUT2D eigenvalue weighted by molar-refractivity contribution is 0.115. The summed E-state index contributed by atoms with van der Waals surface area (Å²) in [7, 11) is 3.54. The second-order valence-corrected chi connectivity index (χ2v) is 5.16. The highest BCUT2D eigenvalue weighted by Gasteiger charge is 2.21. The number of nitrogens with zero attached hydrogens (tertiary/aromatic N) is 2. The molecule has 0 aliphatic carbocycles. The highest BCUT2D eigenvalue weighted by Crippen LogP contribution is 2.20. The fraction of sp³-hybridized carbons (Fsp3) is 0.667. The minimum atomic E-state index is -0.330. The quantitative estimate of drug-likeness (QED) is 0.676. The van der Waals surface area contributed by atoms with Crippen LogP contribution in [0.3, 0.4) is 0 Å². The Hall–Kier alpha value is -1.08. The van der Waals surface area contributed by atoms with Gasteiger partial charge in [0.1, 0.15) is 5.82 Å². The van der Waals surface area contributed by atoms with E-state index in [0.717, 1.165) is 18.8 Å². The summed E-state index contributed by atoms with van der Waals surface area (Å²) in [4.78, 5) is 6.31. The Morgan fingerprint density at radius 3 is 2.71 bits per heavy atom. The summed E-state index contributed by atoms with van der Waals surface area (Å²) >= 11 is 0. The number of rotatable bonds is 10. The van der Waals surface area contributed by atoms with Crippen LogP contribution in [0, 0.1) is 11.7 Å². The molecule has 0 amide bonds. The molecule has 1 aromatic rings. The molecule has 0 fully saturated rings. The Labute approximate surface area is 126 Å². The molecule has 0 aromatic carbocycles. The molecule has 0 bridgehead atoms. The molecule has 0 saturated heterocycles. The van der Waals surface area contributed by atoms with Crippen molar-refractivity contribution in [1.82, 2.24) is 15.2 Å². The highest BCUT2D eigenvalue weighted by molar-refractivity contribution is 5.10. The third kappa shape index (κ3) is 6.05. The molecule has 0 saturated carbocycles. The number of aliphatic hydroxyl groups is 1. The van der Waals surface area contributed by atoms with Gasteiger partial charge in [0.25, 0.3) is 0 Å². The molecular weight excluding hydrogens is 273 g/mol. The van der Waals surface area contributed by atoms with Gasteiger partial charge in [0, 0.05) is 26.7 Å². The Kier molecular flexibility index (Phi) is 8.37. The number of aliphatic hydroxyl groups excluding tert-OH is 1. The van der Waals surface area contributed by atoms with Crippen LogP contribution < -0.4 is 5.32 Å². The van der Waals surface area contributed by atoms with E-state index >= 15 is 0 Å². The van der Waals surface area contributed by atoms with Crippen LogP contribution in [0.15, 0.2) is 18.3 Å². The molecule has 0 radical (unpaired) electrons. The van der Waals surface area contributed by atoms with Crippen molar-refractivity contribution < 1.29 is 14.2 Å². The molecule has 120 valence electrons. The van der Waals surface area contributed by atoms with E-state index in [-0.39, 0.29) is 24.4 Å². The fourth-order valence-electron chi connectivity index (χ4n) is 2.46. The first-order valence-corrected chi connectivity index (χ1v) is 7.23. The number of hydrogen-bond donors (Lipinski definition) is 2. The van der Waals surface area contributed by atoms with Gasteiger partial charge in [-0.15, -0.1) is 0 Å². The van der Waals surface area contributed by atoms with E-state index in [1.807, 2.05) is 7.05 Å². The molecule has 21 heavy (non-hydrogen) atoms. The van der Waals surface area contributed by atoms with Crippen LogP contribution in [0.4, 0.5) is 4.39 Å².